The van der Waals surface area contributed by atoms with Crippen molar-refractivity contribution in [2.45, 2.75) is 33.1 Å². The Kier molecular flexibility index (Phi) is 5.52. The molecule has 0 spiro atoms. The molecule has 6 rings (SSSR count). The van der Waals surface area contributed by atoms with Gasteiger partial charge in [-0.2, -0.15) is 5.10 Å². The van der Waals surface area contributed by atoms with Gasteiger partial charge in [-0.25, -0.2) is 9.67 Å². The first-order valence-corrected chi connectivity index (χ1v) is 15.3. The molecule has 3 heterocycles. The van der Waals surface area contributed by atoms with Crippen molar-refractivity contribution in [1.82, 2.24) is 9.78 Å². The van der Waals surface area contributed by atoms with E-state index in [-0.39, 0.29) is 5.41 Å². The van der Waals surface area contributed by atoms with Gasteiger partial charge in [0.05, 0.1) is 22.9 Å². The zero-order valence-corrected chi connectivity index (χ0v) is 23.4. The van der Waals surface area contributed by atoms with Gasteiger partial charge in [-0.05, 0) is 55.3 Å². The smallest absolute Gasteiger partial charge is 0.166 e. The number of rotatable bonds is 3. The number of likely N-dealkylation sites (N-methyl/N-ethyl adjacent to an activating group) is 1. The molecule has 37 heavy (non-hydrogen) atoms. The van der Waals surface area contributed by atoms with E-state index in [1.165, 1.54) is 22.5 Å². The van der Waals surface area contributed by atoms with Crippen molar-refractivity contribution < 1.29 is 0 Å². The first kappa shape index (κ1) is 23.9. The molecule has 0 fully saturated rings. The molecule has 0 saturated carbocycles. The molecule has 0 amide bonds. The van der Waals surface area contributed by atoms with Gasteiger partial charge in [-0.1, -0.05) is 74.2 Å². The summed E-state index contributed by atoms with van der Waals surface area (Å²) in [6.07, 6.45) is -0.593. The van der Waals surface area contributed by atoms with Crippen molar-refractivity contribution in [3.05, 3.63) is 107 Å². The van der Waals surface area contributed by atoms with Crippen LogP contribution in [0.5, 0.6) is 0 Å². The summed E-state index contributed by atoms with van der Waals surface area (Å²) in [7, 11) is 2.14. The standard InChI is InChI=1S/C30H30N5PS/c1-20-12-11-13-22(18-20)33-36(37)26(28-30(3,4)24-16-9-10-17-25(24)34(28)5)19-31-29-27(36)21(2)32-35(29)23-14-7-6-8-15-23/h6-19H,1-5H3,(H,33,37). The third kappa shape index (κ3) is 3.62. The van der Waals surface area contributed by atoms with E-state index >= 15 is 0 Å². The van der Waals surface area contributed by atoms with Crippen molar-refractivity contribution in [1.29, 1.82) is 0 Å². The lowest BCUT2D eigenvalue weighted by atomic mass is 9.84. The highest BCUT2D eigenvalue weighted by Crippen LogP contribution is 2.62. The van der Waals surface area contributed by atoms with Crippen LogP contribution < -0.4 is 15.3 Å². The predicted molar refractivity (Wildman–Crippen MR) is 160 cm³/mol. The summed E-state index contributed by atoms with van der Waals surface area (Å²) >= 11 is 6.78. The van der Waals surface area contributed by atoms with E-state index in [0.717, 1.165) is 33.5 Å². The fourth-order valence-corrected chi connectivity index (χ4v) is 9.96. The monoisotopic (exact) mass is 523 g/mol. The van der Waals surface area contributed by atoms with Crippen LogP contribution in [0.25, 0.3) is 5.69 Å². The Morgan fingerprint density at radius 2 is 1.65 bits per heavy atom. The van der Waals surface area contributed by atoms with E-state index in [2.05, 4.69) is 105 Å². The summed E-state index contributed by atoms with van der Waals surface area (Å²) < 4.78 is 1.93. The molecule has 2 aliphatic rings. The van der Waals surface area contributed by atoms with Crippen LogP contribution >= 0.6 is 6.19 Å². The number of aromatic nitrogens is 2. The summed E-state index contributed by atoms with van der Waals surface area (Å²) in [5, 5.41) is 10.9. The van der Waals surface area contributed by atoms with Gasteiger partial charge in [0, 0.05) is 41.1 Å². The summed E-state index contributed by atoms with van der Waals surface area (Å²) in [6.45, 7) is 8.73. The van der Waals surface area contributed by atoms with E-state index in [4.69, 9.17) is 21.9 Å². The topological polar surface area (TPSA) is 45.4 Å². The minimum absolute atomic E-state index is 0.230. The second kappa shape index (κ2) is 8.54. The third-order valence-electron chi connectivity index (χ3n) is 7.38. The van der Waals surface area contributed by atoms with Crippen LogP contribution in [-0.2, 0) is 17.2 Å². The number of hydrogen-bond acceptors (Lipinski definition) is 4. The highest BCUT2D eigenvalue weighted by Gasteiger charge is 2.45. The van der Waals surface area contributed by atoms with Gasteiger partial charge < -0.3 is 9.99 Å². The molecule has 4 aromatic rings. The van der Waals surface area contributed by atoms with Crippen LogP contribution in [0.1, 0.15) is 30.7 Å². The molecule has 1 N–H and O–H groups in total. The molecule has 0 bridgehead atoms. The highest BCUT2D eigenvalue weighted by atomic mass is 32.4. The van der Waals surface area contributed by atoms with Crippen LogP contribution in [0.4, 0.5) is 17.2 Å². The summed E-state index contributed by atoms with van der Waals surface area (Å²) in [4.78, 5) is 7.35. The van der Waals surface area contributed by atoms with Crippen molar-refractivity contribution in [2.24, 2.45) is 4.99 Å². The Bertz CT molecular complexity index is 1650. The highest BCUT2D eigenvalue weighted by molar-refractivity contribution is 8.21. The number of hydrogen-bond donors (Lipinski definition) is 1. The van der Waals surface area contributed by atoms with E-state index < -0.39 is 6.19 Å². The average molecular weight is 524 g/mol. The quantitative estimate of drug-likeness (QED) is 0.295. The molecule has 0 aliphatic carbocycles. The number of para-hydroxylation sites is 2. The van der Waals surface area contributed by atoms with Crippen molar-refractivity contribution in [2.75, 3.05) is 17.0 Å². The number of benzene rings is 3. The lowest BCUT2D eigenvalue weighted by Crippen LogP contribution is -2.29. The fraction of sp³-hybridized carbons (Fsp3) is 0.200. The first-order chi connectivity index (χ1) is 17.7. The van der Waals surface area contributed by atoms with Crippen LogP contribution in [0.2, 0.25) is 0 Å². The van der Waals surface area contributed by atoms with Crippen LogP contribution in [0.3, 0.4) is 0 Å². The zero-order chi connectivity index (χ0) is 25.9. The summed E-state index contributed by atoms with van der Waals surface area (Å²) in [5.41, 5.74) is 7.57. The molecule has 0 saturated heterocycles. The molecule has 3 aromatic carbocycles. The number of anilines is 2. The summed E-state index contributed by atoms with van der Waals surface area (Å²) in [6, 6.07) is 27.2. The number of nitrogens with zero attached hydrogens (tertiary/aromatic N) is 4. The lowest BCUT2D eigenvalue weighted by molar-refractivity contribution is 0.639. The van der Waals surface area contributed by atoms with Crippen LogP contribution in [0, 0.1) is 13.8 Å². The minimum Gasteiger partial charge on any atom is -0.351 e. The number of nitrogens with one attached hydrogen (secondary N) is 1. The molecule has 2 aliphatic heterocycles. The van der Waals surface area contributed by atoms with Gasteiger partial charge in [-0.3, -0.25) is 0 Å². The molecule has 5 nitrogen and oxygen atoms in total. The maximum Gasteiger partial charge on any atom is 0.166 e. The van der Waals surface area contributed by atoms with Crippen LogP contribution in [0.15, 0.2) is 94.9 Å². The van der Waals surface area contributed by atoms with Gasteiger partial charge in [0.25, 0.3) is 0 Å². The Labute approximate surface area is 223 Å². The molecular weight excluding hydrogens is 493 g/mol. The fourth-order valence-electron chi connectivity index (χ4n) is 5.74. The molecule has 7 heteroatoms. The van der Waals surface area contributed by atoms with Gasteiger partial charge in [-0.15, -0.1) is 0 Å². The molecular formula is C30H30N5PS. The predicted octanol–water partition coefficient (Wildman–Crippen LogP) is 6.98. The van der Waals surface area contributed by atoms with Crippen molar-refractivity contribution >= 4 is 46.7 Å². The number of fused-ring (bicyclic) bond motifs is 2. The molecule has 0 radical (unpaired) electrons. The minimum atomic E-state index is -2.60. The molecule has 186 valence electrons. The number of aryl methyl sites for hydroxylation is 2. The normalized spacial score (nSPS) is 21.6. The lowest BCUT2D eigenvalue weighted by Gasteiger charge is -2.35. The molecule has 1 unspecified atom stereocenters. The van der Waals surface area contributed by atoms with E-state index in [0.29, 0.717) is 0 Å². The maximum atomic E-state index is 6.78. The second-order valence-corrected chi connectivity index (χ2v) is 14.3. The van der Waals surface area contributed by atoms with E-state index in [1.54, 1.807) is 0 Å². The van der Waals surface area contributed by atoms with Crippen LogP contribution in [-0.4, -0.2) is 23.0 Å². The summed E-state index contributed by atoms with van der Waals surface area (Å²) in [5.74, 6) is 0.813. The van der Waals surface area contributed by atoms with Crippen molar-refractivity contribution in [3.8, 4) is 5.69 Å². The van der Waals surface area contributed by atoms with E-state index in [1.807, 2.05) is 29.1 Å². The maximum absolute atomic E-state index is 6.78. The van der Waals surface area contributed by atoms with Gasteiger partial charge in [0.15, 0.2) is 5.82 Å². The van der Waals surface area contributed by atoms with E-state index in [9.17, 15) is 0 Å². The van der Waals surface area contributed by atoms with Gasteiger partial charge >= 0.3 is 0 Å². The Hall–Kier alpha value is -3.47. The van der Waals surface area contributed by atoms with Crippen molar-refractivity contribution in [3.63, 3.8) is 0 Å². The zero-order valence-electron chi connectivity index (χ0n) is 21.7. The Morgan fingerprint density at radius 3 is 2.38 bits per heavy atom. The SMILES string of the molecule is Cc1cccc(NP2(=S)C(=C3N(C)c4ccccc4C3(C)C)C=Nc3c2c(C)nn3-c2ccccc2)c1. The Balaban J connectivity index is 1.64. The average Bonchev–Trinajstić information content (AvgIpc) is 3.32. The first-order valence-electron chi connectivity index (χ1n) is 12.4. The number of allylic oxidation sites excluding steroid dienone is 2. The van der Waals surface area contributed by atoms with Gasteiger partial charge in [0.2, 0.25) is 0 Å². The molecule has 1 aromatic heterocycles. The number of aliphatic imine (C=N–C) groups is 1. The largest absolute Gasteiger partial charge is 0.351 e. The Morgan fingerprint density at radius 1 is 0.919 bits per heavy atom. The second-order valence-electron chi connectivity index (χ2n) is 10.3. The molecule has 1 atom stereocenters. The van der Waals surface area contributed by atoms with Gasteiger partial charge in [0.1, 0.15) is 0 Å². The third-order valence-corrected chi connectivity index (χ3v) is 11.5.